The van der Waals surface area contributed by atoms with Crippen LogP contribution in [0.25, 0.3) is 0 Å². The number of para-hydroxylation sites is 1. The van der Waals surface area contributed by atoms with E-state index in [0.717, 1.165) is 69.4 Å². The van der Waals surface area contributed by atoms with Crippen molar-refractivity contribution in [2.75, 3.05) is 26.2 Å². The number of rotatable bonds is 7. The lowest BCUT2D eigenvalue weighted by molar-refractivity contribution is 0.129. The molecule has 1 aromatic carbocycles. The molecular formula is C22H34IN5O. The number of ether oxygens (including phenoxy) is 1. The van der Waals surface area contributed by atoms with E-state index in [2.05, 4.69) is 39.9 Å². The standard InChI is InChI=1S/C22H33N5O.HI/c1-4-23-22(24-13-8-14-27-19(3)17-18(2)25-27)26-15-11-21(12-16-26)28-20-9-6-5-7-10-20;/h5-7,9-10,17,21H,4,8,11-16H2,1-3H3,(H,23,24);1H. The molecule has 160 valence electrons. The minimum Gasteiger partial charge on any atom is -0.490 e. The number of benzene rings is 1. The third-order valence-electron chi connectivity index (χ3n) is 5.02. The number of aryl methyl sites for hydroxylation is 3. The summed E-state index contributed by atoms with van der Waals surface area (Å²) in [6, 6.07) is 12.2. The summed E-state index contributed by atoms with van der Waals surface area (Å²) in [5, 5.41) is 7.97. The van der Waals surface area contributed by atoms with Crippen LogP contribution in [-0.2, 0) is 6.54 Å². The van der Waals surface area contributed by atoms with E-state index in [1.54, 1.807) is 0 Å². The first-order valence-electron chi connectivity index (χ1n) is 10.4. The van der Waals surface area contributed by atoms with E-state index in [0.29, 0.717) is 0 Å². The lowest BCUT2D eigenvalue weighted by atomic mass is 10.1. The maximum Gasteiger partial charge on any atom is 0.193 e. The highest BCUT2D eigenvalue weighted by molar-refractivity contribution is 14.0. The van der Waals surface area contributed by atoms with Gasteiger partial charge in [0.2, 0.25) is 0 Å². The fraction of sp³-hybridized carbons (Fsp3) is 0.545. The molecule has 0 bridgehead atoms. The molecule has 3 rings (SSSR count). The van der Waals surface area contributed by atoms with Crippen molar-refractivity contribution < 1.29 is 4.74 Å². The second kappa shape index (κ2) is 12.0. The predicted octanol–water partition coefficient (Wildman–Crippen LogP) is 4.02. The van der Waals surface area contributed by atoms with E-state index < -0.39 is 0 Å². The Morgan fingerprint density at radius 2 is 1.93 bits per heavy atom. The Hall–Kier alpha value is -1.77. The Morgan fingerprint density at radius 3 is 2.55 bits per heavy atom. The molecule has 1 aliphatic heterocycles. The zero-order valence-electron chi connectivity index (χ0n) is 17.8. The van der Waals surface area contributed by atoms with Crippen LogP contribution in [-0.4, -0.2) is 52.9 Å². The summed E-state index contributed by atoms with van der Waals surface area (Å²) >= 11 is 0. The lowest BCUT2D eigenvalue weighted by Crippen LogP contribution is -2.47. The molecule has 1 aliphatic rings. The van der Waals surface area contributed by atoms with Gasteiger partial charge >= 0.3 is 0 Å². The summed E-state index contributed by atoms with van der Waals surface area (Å²) in [4.78, 5) is 7.21. The van der Waals surface area contributed by atoms with Crippen molar-refractivity contribution in [3.63, 3.8) is 0 Å². The summed E-state index contributed by atoms with van der Waals surface area (Å²) in [6.45, 7) is 10.8. The van der Waals surface area contributed by atoms with Crippen LogP contribution in [0.4, 0.5) is 0 Å². The van der Waals surface area contributed by atoms with E-state index in [1.807, 2.05) is 37.3 Å². The summed E-state index contributed by atoms with van der Waals surface area (Å²) in [7, 11) is 0. The Balaban J connectivity index is 0.00000300. The molecule has 7 heteroatoms. The van der Waals surface area contributed by atoms with Crippen LogP contribution in [0.5, 0.6) is 5.75 Å². The van der Waals surface area contributed by atoms with E-state index in [-0.39, 0.29) is 30.1 Å². The van der Waals surface area contributed by atoms with Gasteiger partial charge in [0.1, 0.15) is 11.9 Å². The Labute approximate surface area is 191 Å². The SMILES string of the molecule is CCNC(=NCCCn1nc(C)cc1C)N1CCC(Oc2ccccc2)CC1.I. The van der Waals surface area contributed by atoms with Gasteiger partial charge in [-0.05, 0) is 45.4 Å². The maximum absolute atomic E-state index is 6.11. The second-order valence-electron chi connectivity index (χ2n) is 7.36. The molecular weight excluding hydrogens is 477 g/mol. The number of hydrogen-bond donors (Lipinski definition) is 1. The quantitative estimate of drug-likeness (QED) is 0.264. The van der Waals surface area contributed by atoms with E-state index >= 15 is 0 Å². The first-order valence-corrected chi connectivity index (χ1v) is 10.4. The van der Waals surface area contributed by atoms with Crippen molar-refractivity contribution >= 4 is 29.9 Å². The molecule has 2 aromatic rings. The van der Waals surface area contributed by atoms with E-state index in [9.17, 15) is 0 Å². The van der Waals surface area contributed by atoms with Crippen molar-refractivity contribution in [2.24, 2.45) is 4.99 Å². The third kappa shape index (κ3) is 7.21. The molecule has 1 N–H and O–H groups in total. The second-order valence-corrected chi connectivity index (χ2v) is 7.36. The normalized spacial score (nSPS) is 15.1. The topological polar surface area (TPSA) is 54.7 Å². The molecule has 0 spiro atoms. The number of nitrogens with one attached hydrogen (secondary N) is 1. The summed E-state index contributed by atoms with van der Waals surface area (Å²) < 4.78 is 8.18. The van der Waals surface area contributed by atoms with Crippen LogP contribution >= 0.6 is 24.0 Å². The van der Waals surface area contributed by atoms with E-state index in [1.165, 1.54) is 5.69 Å². The summed E-state index contributed by atoms with van der Waals surface area (Å²) in [5.41, 5.74) is 2.30. The molecule has 1 aromatic heterocycles. The minimum absolute atomic E-state index is 0. The molecule has 1 saturated heterocycles. The van der Waals surface area contributed by atoms with Crippen molar-refractivity contribution in [2.45, 2.75) is 52.7 Å². The smallest absolute Gasteiger partial charge is 0.193 e. The fourth-order valence-electron chi connectivity index (χ4n) is 3.61. The molecule has 2 heterocycles. The zero-order chi connectivity index (χ0) is 19.8. The summed E-state index contributed by atoms with van der Waals surface area (Å²) in [5.74, 6) is 1.99. The van der Waals surface area contributed by atoms with Gasteiger partial charge < -0.3 is 15.0 Å². The average molecular weight is 511 g/mol. The summed E-state index contributed by atoms with van der Waals surface area (Å²) in [6.07, 6.45) is 3.31. The van der Waals surface area contributed by atoms with Gasteiger partial charge in [0, 0.05) is 51.3 Å². The number of piperidine rings is 1. The van der Waals surface area contributed by atoms with Gasteiger partial charge in [-0.15, -0.1) is 24.0 Å². The van der Waals surface area contributed by atoms with Crippen LogP contribution in [0, 0.1) is 13.8 Å². The number of likely N-dealkylation sites (tertiary alicyclic amines) is 1. The van der Waals surface area contributed by atoms with Gasteiger partial charge in [-0.3, -0.25) is 9.67 Å². The van der Waals surface area contributed by atoms with Crippen LogP contribution < -0.4 is 10.1 Å². The molecule has 1 fully saturated rings. The van der Waals surface area contributed by atoms with Crippen LogP contribution in [0.3, 0.4) is 0 Å². The Morgan fingerprint density at radius 1 is 1.21 bits per heavy atom. The number of halogens is 1. The third-order valence-corrected chi connectivity index (χ3v) is 5.02. The highest BCUT2D eigenvalue weighted by atomic mass is 127. The van der Waals surface area contributed by atoms with Gasteiger partial charge in [0.15, 0.2) is 5.96 Å². The van der Waals surface area contributed by atoms with Gasteiger partial charge in [-0.2, -0.15) is 5.10 Å². The van der Waals surface area contributed by atoms with Gasteiger partial charge in [0.25, 0.3) is 0 Å². The highest BCUT2D eigenvalue weighted by Gasteiger charge is 2.22. The minimum atomic E-state index is 0. The molecule has 0 unspecified atom stereocenters. The van der Waals surface area contributed by atoms with Gasteiger partial charge in [0.05, 0.1) is 5.69 Å². The van der Waals surface area contributed by atoms with Crippen LogP contribution in [0.1, 0.15) is 37.6 Å². The molecule has 0 atom stereocenters. The molecule has 0 radical (unpaired) electrons. The van der Waals surface area contributed by atoms with Crippen LogP contribution in [0.2, 0.25) is 0 Å². The van der Waals surface area contributed by atoms with Crippen molar-refractivity contribution in [3.05, 3.63) is 47.8 Å². The number of guanidine groups is 1. The zero-order valence-corrected chi connectivity index (χ0v) is 20.1. The predicted molar refractivity (Wildman–Crippen MR) is 129 cm³/mol. The molecule has 6 nitrogen and oxygen atoms in total. The highest BCUT2D eigenvalue weighted by Crippen LogP contribution is 2.18. The van der Waals surface area contributed by atoms with E-state index in [4.69, 9.17) is 9.73 Å². The Bertz CT molecular complexity index is 754. The van der Waals surface area contributed by atoms with Gasteiger partial charge in [-0.25, -0.2) is 0 Å². The van der Waals surface area contributed by atoms with Crippen molar-refractivity contribution in [3.8, 4) is 5.75 Å². The first kappa shape index (κ1) is 23.5. The molecule has 0 aliphatic carbocycles. The lowest BCUT2D eigenvalue weighted by Gasteiger charge is -2.34. The molecule has 29 heavy (non-hydrogen) atoms. The fourth-order valence-corrected chi connectivity index (χ4v) is 3.61. The number of nitrogens with zero attached hydrogens (tertiary/aromatic N) is 4. The molecule has 0 saturated carbocycles. The number of aromatic nitrogens is 2. The average Bonchev–Trinajstić information content (AvgIpc) is 3.03. The number of aliphatic imine (C=N–C) groups is 1. The van der Waals surface area contributed by atoms with Gasteiger partial charge in [-0.1, -0.05) is 18.2 Å². The van der Waals surface area contributed by atoms with Crippen molar-refractivity contribution in [1.29, 1.82) is 0 Å². The first-order chi connectivity index (χ1) is 13.7. The van der Waals surface area contributed by atoms with Crippen LogP contribution in [0.15, 0.2) is 41.4 Å². The number of hydrogen-bond acceptors (Lipinski definition) is 3. The largest absolute Gasteiger partial charge is 0.490 e. The molecule has 0 amide bonds. The Kier molecular flexibility index (Phi) is 9.76. The maximum atomic E-state index is 6.11. The van der Waals surface area contributed by atoms with Crippen molar-refractivity contribution in [1.82, 2.24) is 20.0 Å². The monoisotopic (exact) mass is 511 g/mol.